The van der Waals surface area contributed by atoms with Crippen molar-refractivity contribution in [2.45, 2.75) is 19.8 Å². The molecule has 0 aliphatic carbocycles. The lowest BCUT2D eigenvalue weighted by atomic mass is 9.96. The van der Waals surface area contributed by atoms with E-state index in [9.17, 15) is 4.79 Å². The summed E-state index contributed by atoms with van der Waals surface area (Å²) in [7, 11) is 0. The summed E-state index contributed by atoms with van der Waals surface area (Å²) < 4.78 is 0. The molecule has 1 aromatic carbocycles. The Morgan fingerprint density at radius 2 is 1.94 bits per heavy atom. The molecule has 0 aliphatic rings. The largest absolute Gasteiger partial charge is 0.282 e. The quantitative estimate of drug-likeness (QED) is 0.780. The number of benzene rings is 1. The number of carbonyl (C=O) groups is 1. The van der Waals surface area contributed by atoms with Gasteiger partial charge in [-0.15, -0.1) is 11.3 Å². The van der Waals surface area contributed by atoms with Crippen molar-refractivity contribution >= 4 is 17.1 Å². The maximum Gasteiger partial charge on any atom is 0.239 e. The van der Waals surface area contributed by atoms with Crippen LogP contribution in [-0.2, 0) is 4.79 Å². The SMILES string of the molecule is Cc1ccsc1-c1ccc(C(C)C(=O)C#N)cc1. The molecular formula is C15H13NOS. The van der Waals surface area contributed by atoms with Crippen LogP contribution in [0.25, 0.3) is 10.4 Å². The lowest BCUT2D eigenvalue weighted by Gasteiger charge is -2.07. The fraction of sp³-hybridized carbons (Fsp3) is 0.200. The van der Waals surface area contributed by atoms with Gasteiger partial charge in [-0.25, -0.2) is 0 Å². The first-order chi connectivity index (χ1) is 8.63. The summed E-state index contributed by atoms with van der Waals surface area (Å²) in [5, 5.41) is 10.7. The highest BCUT2D eigenvalue weighted by Crippen LogP contribution is 2.30. The molecule has 0 amide bonds. The number of Topliss-reactive ketones (excluding diaryl/α,β-unsaturated/α-hetero) is 1. The molecular weight excluding hydrogens is 242 g/mol. The zero-order chi connectivity index (χ0) is 13.1. The monoisotopic (exact) mass is 255 g/mol. The zero-order valence-corrected chi connectivity index (χ0v) is 11.1. The average molecular weight is 255 g/mol. The highest BCUT2D eigenvalue weighted by molar-refractivity contribution is 7.13. The van der Waals surface area contributed by atoms with E-state index in [1.165, 1.54) is 10.4 Å². The van der Waals surface area contributed by atoms with E-state index in [0.717, 1.165) is 11.1 Å². The maximum atomic E-state index is 11.3. The minimum atomic E-state index is -0.393. The molecule has 90 valence electrons. The van der Waals surface area contributed by atoms with Crippen LogP contribution in [0.15, 0.2) is 35.7 Å². The molecule has 0 spiro atoms. The molecule has 2 rings (SSSR count). The predicted octanol–water partition coefficient (Wildman–Crippen LogP) is 3.92. The standard InChI is InChI=1S/C15H13NOS/c1-10-7-8-18-15(10)13-5-3-12(4-6-13)11(2)14(17)9-16/h3-8,11H,1-2H3. The minimum absolute atomic E-state index is 0.353. The molecule has 2 nitrogen and oxygen atoms in total. The Kier molecular flexibility index (Phi) is 3.59. The minimum Gasteiger partial charge on any atom is -0.282 e. The molecule has 18 heavy (non-hydrogen) atoms. The number of hydrogen-bond acceptors (Lipinski definition) is 3. The van der Waals surface area contributed by atoms with Crippen LogP contribution in [0.4, 0.5) is 0 Å². The Balaban J connectivity index is 2.29. The summed E-state index contributed by atoms with van der Waals surface area (Å²) in [4.78, 5) is 12.6. The van der Waals surface area contributed by atoms with Crippen molar-refractivity contribution in [3.05, 3.63) is 46.8 Å². The molecule has 1 unspecified atom stereocenters. The van der Waals surface area contributed by atoms with Crippen LogP contribution >= 0.6 is 11.3 Å². The second kappa shape index (κ2) is 5.16. The zero-order valence-electron chi connectivity index (χ0n) is 10.3. The van der Waals surface area contributed by atoms with Crippen LogP contribution in [0.2, 0.25) is 0 Å². The number of hydrogen-bond donors (Lipinski definition) is 0. The molecule has 0 bridgehead atoms. The number of rotatable bonds is 3. The number of nitriles is 1. The van der Waals surface area contributed by atoms with Crippen molar-refractivity contribution in [1.82, 2.24) is 0 Å². The van der Waals surface area contributed by atoms with Gasteiger partial charge in [-0.2, -0.15) is 5.26 Å². The molecule has 0 aliphatic heterocycles. The Morgan fingerprint density at radius 3 is 2.44 bits per heavy atom. The smallest absolute Gasteiger partial charge is 0.239 e. The molecule has 0 fully saturated rings. The second-order valence-electron chi connectivity index (χ2n) is 4.25. The van der Waals surface area contributed by atoms with Gasteiger partial charge >= 0.3 is 0 Å². The highest BCUT2D eigenvalue weighted by atomic mass is 32.1. The first-order valence-corrected chi connectivity index (χ1v) is 6.60. The molecule has 1 atom stereocenters. The molecule has 1 heterocycles. The normalized spacial score (nSPS) is 11.8. The van der Waals surface area contributed by atoms with E-state index in [0.29, 0.717) is 0 Å². The summed E-state index contributed by atoms with van der Waals surface area (Å²) in [6, 6.07) is 11.6. The van der Waals surface area contributed by atoms with Crippen molar-refractivity contribution in [3.8, 4) is 16.5 Å². The third-order valence-corrected chi connectivity index (χ3v) is 4.10. The average Bonchev–Trinajstić information content (AvgIpc) is 2.83. The predicted molar refractivity (Wildman–Crippen MR) is 73.5 cm³/mol. The van der Waals surface area contributed by atoms with E-state index in [2.05, 4.69) is 18.4 Å². The molecule has 0 saturated carbocycles. The van der Waals surface area contributed by atoms with Crippen molar-refractivity contribution < 1.29 is 4.79 Å². The molecule has 1 aromatic heterocycles. The van der Waals surface area contributed by atoms with Crippen LogP contribution in [0.3, 0.4) is 0 Å². The van der Waals surface area contributed by atoms with Crippen molar-refractivity contribution in [2.24, 2.45) is 0 Å². The molecule has 2 aromatic rings. The molecule has 3 heteroatoms. The van der Waals surface area contributed by atoms with Crippen LogP contribution < -0.4 is 0 Å². The van der Waals surface area contributed by atoms with Gasteiger partial charge in [0.05, 0.1) is 5.92 Å². The topological polar surface area (TPSA) is 40.9 Å². The number of aryl methyl sites for hydroxylation is 1. The molecule has 0 N–H and O–H groups in total. The third-order valence-electron chi connectivity index (χ3n) is 3.04. The van der Waals surface area contributed by atoms with Gasteiger partial charge in [-0.1, -0.05) is 31.2 Å². The van der Waals surface area contributed by atoms with Crippen molar-refractivity contribution in [2.75, 3.05) is 0 Å². The Bertz CT molecular complexity index is 604. The molecule has 0 radical (unpaired) electrons. The second-order valence-corrected chi connectivity index (χ2v) is 5.17. The van der Waals surface area contributed by atoms with Gasteiger partial charge in [0.25, 0.3) is 0 Å². The lowest BCUT2D eigenvalue weighted by Crippen LogP contribution is -2.05. The van der Waals surface area contributed by atoms with Crippen LogP contribution in [0.1, 0.15) is 24.0 Å². The fourth-order valence-corrected chi connectivity index (χ4v) is 2.77. The Morgan fingerprint density at radius 1 is 1.28 bits per heavy atom. The van der Waals surface area contributed by atoms with Gasteiger partial charge in [-0.3, -0.25) is 4.79 Å². The van der Waals surface area contributed by atoms with E-state index in [1.807, 2.05) is 24.3 Å². The van der Waals surface area contributed by atoms with Gasteiger partial charge in [0.15, 0.2) is 0 Å². The van der Waals surface area contributed by atoms with Gasteiger partial charge < -0.3 is 0 Å². The number of ketones is 1. The highest BCUT2D eigenvalue weighted by Gasteiger charge is 2.14. The first-order valence-electron chi connectivity index (χ1n) is 5.72. The number of thiophene rings is 1. The summed E-state index contributed by atoms with van der Waals surface area (Å²) in [6.07, 6.45) is 0. The Hall–Kier alpha value is -1.92. The fourth-order valence-electron chi connectivity index (χ4n) is 1.84. The molecule has 0 saturated heterocycles. The summed E-state index contributed by atoms with van der Waals surface area (Å²) in [6.45, 7) is 3.85. The van der Waals surface area contributed by atoms with E-state index >= 15 is 0 Å². The van der Waals surface area contributed by atoms with E-state index in [4.69, 9.17) is 5.26 Å². The van der Waals surface area contributed by atoms with Crippen LogP contribution in [-0.4, -0.2) is 5.78 Å². The van der Waals surface area contributed by atoms with E-state index in [-0.39, 0.29) is 5.92 Å². The van der Waals surface area contributed by atoms with Gasteiger partial charge in [0.1, 0.15) is 6.07 Å². The third kappa shape index (κ3) is 2.34. The van der Waals surface area contributed by atoms with Crippen molar-refractivity contribution in [1.29, 1.82) is 5.26 Å². The summed E-state index contributed by atoms with van der Waals surface area (Å²) in [5.41, 5.74) is 3.30. The van der Waals surface area contributed by atoms with Gasteiger partial charge in [-0.05, 0) is 35.1 Å². The van der Waals surface area contributed by atoms with Gasteiger partial charge in [0, 0.05) is 4.88 Å². The Labute approximate surface area is 111 Å². The van der Waals surface area contributed by atoms with Crippen LogP contribution in [0.5, 0.6) is 0 Å². The number of carbonyl (C=O) groups excluding carboxylic acids is 1. The summed E-state index contributed by atoms with van der Waals surface area (Å²) >= 11 is 1.71. The maximum absolute atomic E-state index is 11.3. The van der Waals surface area contributed by atoms with Crippen LogP contribution in [0, 0.1) is 18.3 Å². The first kappa shape index (κ1) is 12.5. The van der Waals surface area contributed by atoms with Crippen molar-refractivity contribution in [3.63, 3.8) is 0 Å². The lowest BCUT2D eigenvalue weighted by molar-refractivity contribution is -0.115. The summed E-state index contributed by atoms with van der Waals surface area (Å²) in [5.74, 6) is -0.747. The van der Waals surface area contributed by atoms with E-state index in [1.54, 1.807) is 24.3 Å². The van der Waals surface area contributed by atoms with Gasteiger partial charge in [0.2, 0.25) is 5.78 Å². The number of nitrogens with zero attached hydrogens (tertiary/aromatic N) is 1. The van der Waals surface area contributed by atoms with E-state index < -0.39 is 5.78 Å².